The molecule has 0 radical (unpaired) electrons. The Hall–Kier alpha value is -4.19. The van der Waals surface area contributed by atoms with E-state index in [1.165, 1.54) is 12.1 Å². The predicted octanol–water partition coefficient (Wildman–Crippen LogP) is 6.07. The molecule has 0 bridgehead atoms. The van der Waals surface area contributed by atoms with Crippen molar-refractivity contribution in [1.29, 1.82) is 5.26 Å². The lowest BCUT2D eigenvalue weighted by molar-refractivity contribution is -0.127. The van der Waals surface area contributed by atoms with Gasteiger partial charge in [0.25, 0.3) is 0 Å². The molecule has 2 saturated carbocycles. The van der Waals surface area contributed by atoms with Gasteiger partial charge in [0.15, 0.2) is 0 Å². The van der Waals surface area contributed by atoms with Gasteiger partial charge in [0.2, 0.25) is 5.91 Å². The zero-order chi connectivity index (χ0) is 29.4. The monoisotopic (exact) mass is 569 g/mol. The van der Waals surface area contributed by atoms with E-state index in [1.54, 1.807) is 21.7 Å². The SMILES string of the molecule is CC(C)OC(=O)N1CC(c2ccc(-c3cn(-c4ccc(F)cc4)nc3C3CCCCC3C(=O)NC3(C#N)CC3)cc2)C1. The minimum absolute atomic E-state index is 0.0677. The summed E-state index contributed by atoms with van der Waals surface area (Å²) in [5.74, 6) is -0.504. The second kappa shape index (κ2) is 11.2. The van der Waals surface area contributed by atoms with Gasteiger partial charge in [-0.15, -0.1) is 0 Å². The van der Waals surface area contributed by atoms with E-state index < -0.39 is 5.54 Å². The summed E-state index contributed by atoms with van der Waals surface area (Å²) in [5, 5.41) is 17.6. The van der Waals surface area contributed by atoms with Crippen molar-refractivity contribution < 1.29 is 18.7 Å². The van der Waals surface area contributed by atoms with Gasteiger partial charge in [-0.1, -0.05) is 37.1 Å². The van der Waals surface area contributed by atoms with Crippen LogP contribution in [0, 0.1) is 23.1 Å². The number of benzene rings is 2. The first-order chi connectivity index (χ1) is 20.2. The van der Waals surface area contributed by atoms with E-state index in [1.807, 2.05) is 20.0 Å². The third-order valence-electron chi connectivity index (χ3n) is 8.78. The van der Waals surface area contributed by atoms with E-state index in [4.69, 9.17) is 9.84 Å². The first-order valence-electron chi connectivity index (χ1n) is 14.9. The molecule has 2 atom stereocenters. The van der Waals surface area contributed by atoms with Crippen molar-refractivity contribution in [2.45, 2.75) is 75.9 Å². The standard InChI is InChI=1S/C33H36FN5O3/c1-21(2)42-32(41)38-17-24(18-38)22-7-9-23(10-8-22)29-19-39(26-13-11-25(34)12-14-26)37-30(29)27-5-3-4-6-28(27)31(40)36-33(20-35)15-16-33/h7-14,19,21,24,27-28H,3-6,15-18H2,1-2H3,(H,36,40). The molecule has 2 aliphatic carbocycles. The van der Waals surface area contributed by atoms with Crippen LogP contribution in [0.5, 0.6) is 0 Å². The third-order valence-corrected chi connectivity index (χ3v) is 8.78. The largest absolute Gasteiger partial charge is 0.447 e. The number of carbonyl (C=O) groups is 2. The lowest BCUT2D eigenvalue weighted by Crippen LogP contribution is -2.49. The number of rotatable bonds is 7. The third kappa shape index (κ3) is 5.63. The molecule has 1 aliphatic heterocycles. The zero-order valence-electron chi connectivity index (χ0n) is 24.1. The van der Waals surface area contributed by atoms with Crippen LogP contribution in [0.2, 0.25) is 0 Å². The summed E-state index contributed by atoms with van der Waals surface area (Å²) in [5.41, 5.74) is 3.95. The molecule has 1 N–H and O–H groups in total. The quantitative estimate of drug-likeness (QED) is 0.372. The van der Waals surface area contributed by atoms with E-state index in [9.17, 15) is 19.2 Å². The van der Waals surface area contributed by atoms with Gasteiger partial charge in [0, 0.05) is 42.6 Å². The Morgan fingerprint density at radius 1 is 1.07 bits per heavy atom. The van der Waals surface area contributed by atoms with Crippen LogP contribution in [-0.4, -0.2) is 51.4 Å². The molecule has 9 heteroatoms. The average Bonchev–Trinajstić information content (AvgIpc) is 3.59. The van der Waals surface area contributed by atoms with Gasteiger partial charge in [0.1, 0.15) is 11.4 Å². The van der Waals surface area contributed by atoms with Gasteiger partial charge in [0.05, 0.1) is 23.6 Å². The van der Waals surface area contributed by atoms with Gasteiger partial charge in [-0.3, -0.25) is 4.79 Å². The molecule has 2 unspecified atom stereocenters. The van der Waals surface area contributed by atoms with E-state index >= 15 is 0 Å². The van der Waals surface area contributed by atoms with Crippen LogP contribution in [0.3, 0.4) is 0 Å². The predicted molar refractivity (Wildman–Crippen MR) is 155 cm³/mol. The number of hydrogen-bond acceptors (Lipinski definition) is 5. The molecule has 218 valence electrons. The second-order valence-electron chi connectivity index (χ2n) is 12.2. The molecular weight excluding hydrogens is 533 g/mol. The molecule has 1 aromatic heterocycles. The van der Waals surface area contributed by atoms with Crippen molar-refractivity contribution in [2.24, 2.45) is 5.92 Å². The fourth-order valence-electron chi connectivity index (χ4n) is 6.15. The van der Waals surface area contributed by atoms with Gasteiger partial charge in [-0.2, -0.15) is 10.4 Å². The highest BCUT2D eigenvalue weighted by molar-refractivity contribution is 5.82. The maximum atomic E-state index is 13.7. The fourth-order valence-corrected chi connectivity index (χ4v) is 6.15. The Morgan fingerprint density at radius 3 is 2.40 bits per heavy atom. The summed E-state index contributed by atoms with van der Waals surface area (Å²) in [7, 11) is 0. The van der Waals surface area contributed by atoms with E-state index in [0.29, 0.717) is 25.9 Å². The van der Waals surface area contributed by atoms with Crippen molar-refractivity contribution in [3.05, 3.63) is 71.8 Å². The normalized spacial score (nSPS) is 21.4. The van der Waals surface area contributed by atoms with Gasteiger partial charge in [-0.05, 0) is 74.9 Å². The first kappa shape index (κ1) is 28.0. The Balaban J connectivity index is 1.28. The number of halogens is 1. The van der Waals surface area contributed by atoms with E-state index in [-0.39, 0.29) is 41.7 Å². The number of nitriles is 1. The maximum Gasteiger partial charge on any atom is 0.410 e. The minimum atomic E-state index is -0.714. The Bertz CT molecular complexity index is 1500. The molecular formula is C33H36FN5O3. The fraction of sp³-hybridized carbons (Fsp3) is 0.455. The van der Waals surface area contributed by atoms with Crippen molar-refractivity contribution in [3.8, 4) is 22.9 Å². The number of hydrogen-bond donors (Lipinski definition) is 1. The number of carbonyl (C=O) groups excluding carboxylic acids is 2. The van der Waals surface area contributed by atoms with Gasteiger partial charge in [-0.25, -0.2) is 13.9 Å². The van der Waals surface area contributed by atoms with E-state index in [2.05, 4.69) is 35.7 Å². The molecule has 2 aromatic carbocycles. The summed E-state index contributed by atoms with van der Waals surface area (Å²) in [4.78, 5) is 27.4. The van der Waals surface area contributed by atoms with Crippen molar-refractivity contribution >= 4 is 12.0 Å². The summed E-state index contributed by atoms with van der Waals surface area (Å²) in [6.07, 6.45) is 6.47. The molecule has 8 nitrogen and oxygen atoms in total. The average molecular weight is 570 g/mol. The van der Waals surface area contributed by atoms with Crippen LogP contribution in [0.1, 0.15) is 75.5 Å². The highest BCUT2D eigenvalue weighted by Crippen LogP contribution is 2.43. The first-order valence-corrected chi connectivity index (χ1v) is 14.9. The van der Waals surface area contributed by atoms with Gasteiger partial charge < -0.3 is 15.0 Å². The van der Waals surface area contributed by atoms with Crippen molar-refractivity contribution in [1.82, 2.24) is 20.0 Å². The van der Waals surface area contributed by atoms with Crippen LogP contribution < -0.4 is 5.32 Å². The van der Waals surface area contributed by atoms with Crippen LogP contribution in [-0.2, 0) is 9.53 Å². The lowest BCUT2D eigenvalue weighted by Gasteiger charge is -2.39. The maximum absolute atomic E-state index is 13.7. The topological polar surface area (TPSA) is 100 Å². The van der Waals surface area contributed by atoms with Crippen LogP contribution >= 0.6 is 0 Å². The number of likely N-dealkylation sites (tertiary alicyclic amines) is 1. The Labute approximate surface area is 245 Å². The Kier molecular flexibility index (Phi) is 7.48. The summed E-state index contributed by atoms with van der Waals surface area (Å²) in [6, 6.07) is 16.8. The molecule has 6 rings (SSSR count). The molecule has 3 fully saturated rings. The van der Waals surface area contributed by atoms with Crippen molar-refractivity contribution in [3.63, 3.8) is 0 Å². The van der Waals surface area contributed by atoms with Gasteiger partial charge >= 0.3 is 6.09 Å². The summed E-state index contributed by atoms with van der Waals surface area (Å²) >= 11 is 0. The zero-order valence-corrected chi connectivity index (χ0v) is 24.1. The van der Waals surface area contributed by atoms with Crippen LogP contribution in [0.15, 0.2) is 54.7 Å². The Morgan fingerprint density at radius 2 is 1.76 bits per heavy atom. The molecule has 2 amide bonds. The molecule has 3 aliphatic rings. The number of amides is 2. The van der Waals surface area contributed by atoms with Crippen LogP contribution in [0.25, 0.3) is 16.8 Å². The molecule has 1 saturated heterocycles. The molecule has 3 aromatic rings. The highest BCUT2D eigenvalue weighted by atomic mass is 19.1. The number of nitrogens with zero attached hydrogens (tertiary/aromatic N) is 4. The number of ether oxygens (including phenoxy) is 1. The van der Waals surface area contributed by atoms with Crippen molar-refractivity contribution in [2.75, 3.05) is 13.1 Å². The summed E-state index contributed by atoms with van der Waals surface area (Å²) in [6.45, 7) is 4.94. The molecule has 42 heavy (non-hydrogen) atoms. The smallest absolute Gasteiger partial charge is 0.410 e. The van der Waals surface area contributed by atoms with E-state index in [0.717, 1.165) is 53.8 Å². The molecule has 0 spiro atoms. The minimum Gasteiger partial charge on any atom is -0.447 e. The molecule has 2 heterocycles. The number of aromatic nitrogens is 2. The number of nitrogens with one attached hydrogen (secondary N) is 1. The second-order valence-corrected chi connectivity index (χ2v) is 12.2. The lowest BCUT2D eigenvalue weighted by atomic mass is 9.75. The summed E-state index contributed by atoms with van der Waals surface area (Å²) < 4.78 is 20.8. The highest BCUT2D eigenvalue weighted by Gasteiger charge is 2.47. The van der Waals surface area contributed by atoms with Crippen LogP contribution in [0.4, 0.5) is 9.18 Å².